The first-order chi connectivity index (χ1) is 21.6. The van der Waals surface area contributed by atoms with E-state index in [9.17, 15) is 19.1 Å². The lowest BCUT2D eigenvalue weighted by molar-refractivity contribution is 0.0951. The van der Waals surface area contributed by atoms with Crippen LogP contribution >= 0.6 is 0 Å². The summed E-state index contributed by atoms with van der Waals surface area (Å²) in [6.45, 7) is 5.27. The summed E-state index contributed by atoms with van der Waals surface area (Å²) in [4.78, 5) is 34.5. The summed E-state index contributed by atoms with van der Waals surface area (Å²) in [5.41, 5.74) is 3.92. The Morgan fingerprint density at radius 1 is 0.889 bits per heavy atom. The molecule has 0 spiro atoms. The standard InChI is InChI=1S/C35H30FN5O4/c1-35(2,3)41(34(43)44)19-21-11-16-26(28(36)17-21)33(42)40-23-14-12-22(13-15-23)39-31-18-29(37-20-38-31)27-9-6-8-25-24-7-4-5-10-30(24)45-32(25)27/h4-18,20H,19H2,1-3H3,(H,40,42)(H,43,44)(H,37,38,39). The van der Waals surface area contributed by atoms with Gasteiger partial charge in [0, 0.05) is 45.9 Å². The highest BCUT2D eigenvalue weighted by Gasteiger charge is 2.26. The molecule has 0 bridgehead atoms. The summed E-state index contributed by atoms with van der Waals surface area (Å²) in [6, 6.07) is 26.7. The van der Waals surface area contributed by atoms with E-state index >= 15 is 0 Å². The number of anilines is 3. The van der Waals surface area contributed by atoms with E-state index in [4.69, 9.17) is 4.42 Å². The van der Waals surface area contributed by atoms with E-state index in [1.54, 1.807) is 51.1 Å². The maximum Gasteiger partial charge on any atom is 0.408 e. The lowest BCUT2D eigenvalue weighted by atomic mass is 10.0. The summed E-state index contributed by atoms with van der Waals surface area (Å²) in [6.07, 6.45) is 0.374. The predicted octanol–water partition coefficient (Wildman–Crippen LogP) is 8.46. The molecule has 6 rings (SSSR count). The van der Waals surface area contributed by atoms with Crippen LogP contribution < -0.4 is 10.6 Å². The van der Waals surface area contributed by atoms with E-state index in [1.165, 1.54) is 23.4 Å². The molecule has 0 saturated carbocycles. The number of furan rings is 1. The first-order valence-corrected chi connectivity index (χ1v) is 14.3. The van der Waals surface area contributed by atoms with Crippen LogP contribution in [0.1, 0.15) is 36.7 Å². The molecule has 2 aromatic heterocycles. The summed E-state index contributed by atoms with van der Waals surface area (Å²) >= 11 is 0. The molecule has 10 heteroatoms. The second-order valence-corrected chi connectivity index (χ2v) is 11.6. The number of benzene rings is 4. The number of amides is 2. The first kappa shape index (κ1) is 29.3. The maximum atomic E-state index is 14.9. The van der Waals surface area contributed by atoms with Crippen molar-refractivity contribution < 1.29 is 23.5 Å². The van der Waals surface area contributed by atoms with E-state index in [0.29, 0.717) is 22.8 Å². The molecule has 0 atom stereocenters. The largest absolute Gasteiger partial charge is 0.465 e. The molecule has 2 amide bonds. The van der Waals surface area contributed by atoms with Crippen molar-refractivity contribution in [2.24, 2.45) is 0 Å². The summed E-state index contributed by atoms with van der Waals surface area (Å²) < 4.78 is 21.1. The minimum atomic E-state index is -1.11. The third kappa shape index (κ3) is 6.16. The lowest BCUT2D eigenvalue weighted by Gasteiger charge is -2.33. The van der Waals surface area contributed by atoms with Crippen LogP contribution in [0.3, 0.4) is 0 Å². The molecule has 9 nitrogen and oxygen atoms in total. The van der Waals surface area contributed by atoms with Gasteiger partial charge in [-0.3, -0.25) is 9.69 Å². The quantitative estimate of drug-likeness (QED) is 0.167. The number of fused-ring (bicyclic) bond motifs is 3. The Labute approximate surface area is 258 Å². The molecule has 45 heavy (non-hydrogen) atoms. The van der Waals surface area contributed by atoms with Gasteiger partial charge in [-0.1, -0.05) is 36.4 Å². The Kier molecular flexibility index (Phi) is 7.64. The Bertz CT molecular complexity index is 2050. The minimum Gasteiger partial charge on any atom is -0.465 e. The number of carboxylic acid groups (broad SMARTS) is 1. The summed E-state index contributed by atoms with van der Waals surface area (Å²) in [5.74, 6) is -0.786. The Balaban J connectivity index is 1.14. The number of halogens is 1. The average Bonchev–Trinajstić information content (AvgIpc) is 3.39. The molecule has 0 fully saturated rings. The van der Waals surface area contributed by atoms with Crippen molar-refractivity contribution >= 4 is 51.1 Å². The number of nitrogens with one attached hydrogen (secondary N) is 2. The van der Waals surface area contributed by atoms with Gasteiger partial charge in [-0.2, -0.15) is 0 Å². The average molecular weight is 604 g/mol. The molecule has 6 aromatic rings. The fourth-order valence-electron chi connectivity index (χ4n) is 5.12. The lowest BCUT2D eigenvalue weighted by Crippen LogP contribution is -2.44. The number of hydrogen-bond acceptors (Lipinski definition) is 6. The molecule has 4 aromatic carbocycles. The predicted molar refractivity (Wildman–Crippen MR) is 172 cm³/mol. The van der Waals surface area contributed by atoms with Crippen molar-refractivity contribution in [1.29, 1.82) is 0 Å². The zero-order valence-corrected chi connectivity index (χ0v) is 24.8. The number of hydrogen-bond donors (Lipinski definition) is 3. The van der Waals surface area contributed by atoms with Crippen LogP contribution in [0, 0.1) is 5.82 Å². The van der Waals surface area contributed by atoms with E-state index in [0.717, 1.165) is 33.2 Å². The molecule has 0 aliphatic heterocycles. The monoisotopic (exact) mass is 603 g/mol. The van der Waals surface area contributed by atoms with Crippen LogP contribution in [-0.4, -0.2) is 37.5 Å². The van der Waals surface area contributed by atoms with Gasteiger partial charge >= 0.3 is 6.09 Å². The van der Waals surface area contributed by atoms with Gasteiger partial charge in [0.15, 0.2) is 0 Å². The second-order valence-electron chi connectivity index (χ2n) is 11.6. The second kappa shape index (κ2) is 11.7. The number of carbonyl (C=O) groups excluding carboxylic acids is 1. The number of carbonyl (C=O) groups is 2. The highest BCUT2D eigenvalue weighted by molar-refractivity contribution is 6.09. The summed E-state index contributed by atoms with van der Waals surface area (Å²) in [5, 5.41) is 17.5. The Morgan fingerprint density at radius 2 is 1.62 bits per heavy atom. The number of aromatic nitrogens is 2. The van der Waals surface area contributed by atoms with Gasteiger partial charge < -0.3 is 20.2 Å². The number of para-hydroxylation sites is 2. The normalized spacial score (nSPS) is 11.5. The zero-order chi connectivity index (χ0) is 31.7. The van der Waals surface area contributed by atoms with Crippen molar-refractivity contribution in [3.05, 3.63) is 114 Å². The Morgan fingerprint density at radius 3 is 2.36 bits per heavy atom. The SMILES string of the molecule is CC(C)(C)N(Cc1ccc(C(=O)Nc2ccc(Nc3cc(-c4cccc5c4oc4ccccc45)ncn3)cc2)c(F)c1)C(=O)O. The van der Waals surface area contributed by atoms with Crippen LogP contribution in [0.4, 0.5) is 26.4 Å². The van der Waals surface area contributed by atoms with Crippen molar-refractivity contribution in [2.75, 3.05) is 10.6 Å². The molecule has 0 saturated heterocycles. The van der Waals surface area contributed by atoms with Gasteiger partial charge in [0.25, 0.3) is 5.91 Å². The smallest absolute Gasteiger partial charge is 0.408 e. The molecule has 0 unspecified atom stereocenters. The maximum absolute atomic E-state index is 14.9. The molecular formula is C35H30FN5O4. The van der Waals surface area contributed by atoms with Gasteiger partial charge in [-0.05, 0) is 74.9 Å². The van der Waals surface area contributed by atoms with Gasteiger partial charge in [-0.25, -0.2) is 19.2 Å². The van der Waals surface area contributed by atoms with Gasteiger partial charge in [0.05, 0.1) is 11.3 Å². The molecule has 0 aliphatic carbocycles. The Hall–Kier alpha value is -5.77. The van der Waals surface area contributed by atoms with Crippen LogP contribution in [0.15, 0.2) is 102 Å². The topological polar surface area (TPSA) is 121 Å². The minimum absolute atomic E-state index is 0.00443. The van der Waals surface area contributed by atoms with Crippen molar-refractivity contribution in [3.8, 4) is 11.3 Å². The van der Waals surface area contributed by atoms with Gasteiger partial charge in [0.2, 0.25) is 0 Å². The van der Waals surface area contributed by atoms with Crippen LogP contribution in [-0.2, 0) is 6.54 Å². The van der Waals surface area contributed by atoms with E-state index < -0.39 is 23.4 Å². The van der Waals surface area contributed by atoms with E-state index in [2.05, 4.69) is 20.6 Å². The highest BCUT2D eigenvalue weighted by Crippen LogP contribution is 2.35. The third-order valence-electron chi connectivity index (χ3n) is 7.42. The van der Waals surface area contributed by atoms with Gasteiger partial charge in [0.1, 0.15) is 29.1 Å². The van der Waals surface area contributed by atoms with E-state index in [1.807, 2.05) is 48.5 Å². The summed E-state index contributed by atoms with van der Waals surface area (Å²) in [7, 11) is 0. The van der Waals surface area contributed by atoms with Crippen molar-refractivity contribution in [2.45, 2.75) is 32.9 Å². The molecule has 0 aliphatic rings. The molecule has 226 valence electrons. The van der Waals surface area contributed by atoms with Crippen LogP contribution in [0.25, 0.3) is 33.2 Å². The van der Waals surface area contributed by atoms with Crippen LogP contribution in [0.2, 0.25) is 0 Å². The van der Waals surface area contributed by atoms with Crippen LogP contribution in [0.5, 0.6) is 0 Å². The molecule has 0 radical (unpaired) electrons. The molecule has 2 heterocycles. The molecular weight excluding hydrogens is 573 g/mol. The number of rotatable bonds is 7. The fourth-order valence-corrected chi connectivity index (χ4v) is 5.12. The highest BCUT2D eigenvalue weighted by atomic mass is 19.1. The molecule has 3 N–H and O–H groups in total. The van der Waals surface area contributed by atoms with Crippen molar-refractivity contribution in [3.63, 3.8) is 0 Å². The fraction of sp³-hybridized carbons (Fsp3) is 0.143. The first-order valence-electron chi connectivity index (χ1n) is 14.3. The van der Waals surface area contributed by atoms with Crippen molar-refractivity contribution in [1.82, 2.24) is 14.9 Å². The third-order valence-corrected chi connectivity index (χ3v) is 7.42. The zero-order valence-electron chi connectivity index (χ0n) is 24.8. The van der Waals surface area contributed by atoms with E-state index in [-0.39, 0.29) is 12.1 Å². The van der Waals surface area contributed by atoms with Gasteiger partial charge in [-0.15, -0.1) is 0 Å². The number of nitrogens with zero attached hydrogens (tertiary/aromatic N) is 3.